The van der Waals surface area contributed by atoms with E-state index in [1.807, 2.05) is 38.1 Å². The van der Waals surface area contributed by atoms with Gasteiger partial charge in [-0.25, -0.2) is 4.98 Å². The summed E-state index contributed by atoms with van der Waals surface area (Å²) in [6, 6.07) is 7.62. The fourth-order valence-corrected chi connectivity index (χ4v) is 2.86. The number of benzene rings is 1. The molecule has 1 heterocycles. The van der Waals surface area contributed by atoms with Crippen molar-refractivity contribution in [1.82, 2.24) is 15.2 Å². The molecule has 0 aliphatic heterocycles. The number of carbonyl (C=O) groups is 1. The van der Waals surface area contributed by atoms with E-state index in [2.05, 4.69) is 20.5 Å². The van der Waals surface area contributed by atoms with Crippen molar-refractivity contribution in [2.45, 2.75) is 45.4 Å². The van der Waals surface area contributed by atoms with Crippen molar-refractivity contribution in [2.75, 3.05) is 11.9 Å². The van der Waals surface area contributed by atoms with E-state index in [9.17, 15) is 4.79 Å². The lowest BCUT2D eigenvalue weighted by molar-refractivity contribution is -0.125. The maximum atomic E-state index is 12.5. The number of aromatic amines is 1. The molecule has 1 aliphatic rings. The van der Waals surface area contributed by atoms with E-state index in [0.29, 0.717) is 18.3 Å². The summed E-state index contributed by atoms with van der Waals surface area (Å²) in [5, 5.41) is 10.3. The Kier molecular flexibility index (Phi) is 4.66. The maximum absolute atomic E-state index is 12.5. The Hall–Kier alpha value is -2.21. The van der Waals surface area contributed by atoms with Gasteiger partial charge in [0.15, 0.2) is 5.82 Å². The van der Waals surface area contributed by atoms with Crippen LogP contribution >= 0.6 is 0 Å². The molecule has 2 aromatic rings. The quantitative estimate of drug-likeness (QED) is 0.728. The largest absolute Gasteiger partial charge is 0.329 e. The Morgan fingerprint density at radius 3 is 2.50 bits per heavy atom. The summed E-state index contributed by atoms with van der Waals surface area (Å²) in [4.78, 5) is 17.1. The molecule has 0 atom stereocenters. The van der Waals surface area contributed by atoms with E-state index in [4.69, 9.17) is 5.73 Å². The van der Waals surface area contributed by atoms with Crippen molar-refractivity contribution < 1.29 is 4.79 Å². The standard InChI is InChI=1S/C18H25N5O/c1-3-18(4-2,11-19)17(24)20-14-9-7-13(8-10-14)16-21-15(22-23-16)12-5-6-12/h7-10,12H,3-6,11,19H2,1-2H3,(H,20,24)(H,21,22,23). The van der Waals surface area contributed by atoms with Crippen molar-refractivity contribution in [3.8, 4) is 11.4 Å². The maximum Gasteiger partial charge on any atom is 0.231 e. The Bertz CT molecular complexity index is 690. The number of aromatic nitrogens is 3. The molecular weight excluding hydrogens is 302 g/mol. The van der Waals surface area contributed by atoms with Gasteiger partial charge in [-0.3, -0.25) is 9.89 Å². The highest BCUT2D eigenvalue weighted by molar-refractivity contribution is 5.95. The summed E-state index contributed by atoms with van der Waals surface area (Å²) in [6.45, 7) is 4.35. The Morgan fingerprint density at radius 1 is 1.29 bits per heavy atom. The highest BCUT2D eigenvalue weighted by Crippen LogP contribution is 2.38. The molecular formula is C18H25N5O. The monoisotopic (exact) mass is 327 g/mol. The zero-order chi connectivity index (χ0) is 17.2. The van der Waals surface area contributed by atoms with Crippen molar-refractivity contribution in [3.05, 3.63) is 30.1 Å². The predicted molar refractivity (Wildman–Crippen MR) is 94.5 cm³/mol. The summed E-state index contributed by atoms with van der Waals surface area (Å²) in [5.41, 5.74) is 7.04. The molecule has 0 saturated heterocycles. The average molecular weight is 327 g/mol. The van der Waals surface area contributed by atoms with Gasteiger partial charge in [-0.2, -0.15) is 5.10 Å². The minimum Gasteiger partial charge on any atom is -0.329 e. The molecule has 24 heavy (non-hydrogen) atoms. The number of nitrogens with zero attached hydrogens (tertiary/aromatic N) is 2. The van der Waals surface area contributed by atoms with Crippen LogP contribution in [0.4, 0.5) is 5.69 Å². The smallest absolute Gasteiger partial charge is 0.231 e. The zero-order valence-electron chi connectivity index (χ0n) is 14.3. The van der Waals surface area contributed by atoms with Crippen LogP contribution in [0.3, 0.4) is 0 Å². The molecule has 4 N–H and O–H groups in total. The van der Waals surface area contributed by atoms with E-state index in [0.717, 1.165) is 29.9 Å². The number of nitrogens with one attached hydrogen (secondary N) is 2. The van der Waals surface area contributed by atoms with E-state index in [1.54, 1.807) is 0 Å². The Labute approximate surface area is 142 Å². The van der Waals surface area contributed by atoms with Crippen LogP contribution in [0.5, 0.6) is 0 Å². The highest BCUT2D eigenvalue weighted by Gasteiger charge is 2.33. The van der Waals surface area contributed by atoms with Crippen molar-refractivity contribution >= 4 is 11.6 Å². The molecule has 0 radical (unpaired) electrons. The Morgan fingerprint density at radius 2 is 1.96 bits per heavy atom. The first kappa shape index (κ1) is 16.6. The fraction of sp³-hybridized carbons (Fsp3) is 0.500. The molecule has 3 rings (SSSR count). The summed E-state index contributed by atoms with van der Waals surface area (Å²) < 4.78 is 0. The Balaban J connectivity index is 1.70. The number of hydrogen-bond donors (Lipinski definition) is 3. The lowest BCUT2D eigenvalue weighted by Crippen LogP contribution is -2.41. The van der Waals surface area contributed by atoms with Crippen LogP contribution in [0, 0.1) is 5.41 Å². The molecule has 1 fully saturated rings. The van der Waals surface area contributed by atoms with E-state index in [-0.39, 0.29) is 5.91 Å². The molecule has 1 amide bonds. The summed E-state index contributed by atoms with van der Waals surface area (Å²) in [7, 11) is 0. The van der Waals surface area contributed by atoms with Gasteiger partial charge in [0.2, 0.25) is 5.91 Å². The number of rotatable bonds is 7. The molecule has 1 aliphatic carbocycles. The number of amides is 1. The van der Waals surface area contributed by atoms with Crippen LogP contribution in [-0.2, 0) is 4.79 Å². The molecule has 0 unspecified atom stereocenters. The number of nitrogens with two attached hydrogens (primary N) is 1. The van der Waals surface area contributed by atoms with Gasteiger partial charge in [-0.15, -0.1) is 0 Å². The van der Waals surface area contributed by atoms with Gasteiger partial charge in [0.25, 0.3) is 0 Å². The second-order valence-electron chi connectivity index (χ2n) is 6.54. The van der Waals surface area contributed by atoms with Gasteiger partial charge >= 0.3 is 0 Å². The van der Waals surface area contributed by atoms with Crippen LogP contribution in [-0.4, -0.2) is 27.6 Å². The van der Waals surface area contributed by atoms with E-state index in [1.165, 1.54) is 12.8 Å². The van der Waals surface area contributed by atoms with Crippen molar-refractivity contribution in [2.24, 2.45) is 11.1 Å². The third-order valence-corrected chi connectivity index (χ3v) is 5.09. The van der Waals surface area contributed by atoms with Crippen LogP contribution in [0.2, 0.25) is 0 Å². The molecule has 1 aromatic carbocycles. The normalized spacial score (nSPS) is 14.6. The third kappa shape index (κ3) is 3.19. The van der Waals surface area contributed by atoms with Gasteiger partial charge < -0.3 is 11.1 Å². The molecule has 6 heteroatoms. The molecule has 1 saturated carbocycles. The van der Waals surface area contributed by atoms with Gasteiger partial charge in [0.05, 0.1) is 5.41 Å². The minimum absolute atomic E-state index is 0.0170. The van der Waals surface area contributed by atoms with Crippen LogP contribution in [0.25, 0.3) is 11.4 Å². The number of anilines is 1. The predicted octanol–water partition coefficient (Wildman–Crippen LogP) is 3.05. The number of hydrogen-bond acceptors (Lipinski definition) is 4. The topological polar surface area (TPSA) is 96.7 Å². The molecule has 6 nitrogen and oxygen atoms in total. The lowest BCUT2D eigenvalue weighted by atomic mass is 9.81. The molecule has 1 aromatic heterocycles. The third-order valence-electron chi connectivity index (χ3n) is 5.09. The van der Waals surface area contributed by atoms with Gasteiger partial charge in [0.1, 0.15) is 5.82 Å². The molecule has 0 bridgehead atoms. The van der Waals surface area contributed by atoms with E-state index < -0.39 is 5.41 Å². The summed E-state index contributed by atoms with van der Waals surface area (Å²) in [5.74, 6) is 2.21. The molecule has 128 valence electrons. The second-order valence-corrected chi connectivity index (χ2v) is 6.54. The van der Waals surface area contributed by atoms with E-state index >= 15 is 0 Å². The van der Waals surface area contributed by atoms with Gasteiger partial charge in [-0.1, -0.05) is 13.8 Å². The highest BCUT2D eigenvalue weighted by atomic mass is 16.2. The second kappa shape index (κ2) is 6.73. The van der Waals surface area contributed by atoms with Crippen LogP contribution < -0.4 is 11.1 Å². The first-order valence-electron chi connectivity index (χ1n) is 8.66. The van der Waals surface area contributed by atoms with Crippen molar-refractivity contribution in [3.63, 3.8) is 0 Å². The summed E-state index contributed by atoms with van der Waals surface area (Å²) >= 11 is 0. The van der Waals surface area contributed by atoms with Gasteiger partial charge in [0, 0.05) is 23.7 Å². The lowest BCUT2D eigenvalue weighted by Gasteiger charge is -2.28. The SMILES string of the molecule is CCC(CC)(CN)C(=O)Nc1ccc(-c2n[nH]c(C3CC3)n2)cc1. The first-order chi connectivity index (χ1) is 11.6. The number of H-pyrrole nitrogens is 1. The number of carbonyl (C=O) groups excluding carboxylic acids is 1. The van der Waals surface area contributed by atoms with Crippen molar-refractivity contribution in [1.29, 1.82) is 0 Å². The minimum atomic E-state index is -0.498. The first-order valence-corrected chi connectivity index (χ1v) is 8.66. The fourth-order valence-electron chi connectivity index (χ4n) is 2.86. The van der Waals surface area contributed by atoms with Crippen LogP contribution in [0.1, 0.15) is 51.3 Å². The van der Waals surface area contributed by atoms with Gasteiger partial charge in [-0.05, 0) is 49.9 Å². The summed E-state index contributed by atoms with van der Waals surface area (Å²) in [6.07, 6.45) is 3.84. The average Bonchev–Trinajstić information content (AvgIpc) is 3.35. The van der Waals surface area contributed by atoms with Crippen LogP contribution in [0.15, 0.2) is 24.3 Å². The zero-order valence-corrected chi connectivity index (χ0v) is 14.3. The molecule has 0 spiro atoms.